The van der Waals surface area contributed by atoms with E-state index in [1.165, 1.54) is 0 Å². The first-order chi connectivity index (χ1) is 8.04. The van der Waals surface area contributed by atoms with Crippen LogP contribution in [0.3, 0.4) is 0 Å². The molecule has 0 aliphatic carbocycles. The predicted molar refractivity (Wildman–Crippen MR) is 67.6 cm³/mol. The van der Waals surface area contributed by atoms with E-state index >= 15 is 0 Å². The summed E-state index contributed by atoms with van der Waals surface area (Å²) in [4.78, 5) is 13.2. The Bertz CT molecular complexity index is 377. The Hall–Kier alpha value is -1.39. The van der Waals surface area contributed by atoms with Crippen LogP contribution in [0.4, 0.5) is 0 Å². The molecule has 0 unspecified atom stereocenters. The van der Waals surface area contributed by atoms with Crippen LogP contribution in [0.5, 0.6) is 0 Å². The number of amides is 1. The summed E-state index contributed by atoms with van der Waals surface area (Å²) in [5.41, 5.74) is 6.79. The zero-order chi connectivity index (χ0) is 12.8. The monoisotopic (exact) mass is 236 g/mol. The number of rotatable bonds is 6. The van der Waals surface area contributed by atoms with Crippen molar-refractivity contribution >= 4 is 5.91 Å². The third-order valence-corrected chi connectivity index (χ3v) is 2.71. The Morgan fingerprint density at radius 1 is 1.47 bits per heavy atom. The number of hydrogen-bond acceptors (Lipinski definition) is 3. The highest BCUT2D eigenvalue weighted by atomic mass is 16.3. The van der Waals surface area contributed by atoms with Crippen LogP contribution >= 0.6 is 0 Å². The molecule has 4 nitrogen and oxygen atoms in total. The Labute approximate surface area is 102 Å². The molecule has 0 aliphatic heterocycles. The summed E-state index contributed by atoms with van der Waals surface area (Å²) in [6.45, 7) is 5.62. The first kappa shape index (κ1) is 13.7. The van der Waals surface area contributed by atoms with E-state index in [-0.39, 0.29) is 6.61 Å². The van der Waals surface area contributed by atoms with Crippen LogP contribution in [0.15, 0.2) is 24.3 Å². The molecule has 0 radical (unpaired) electrons. The molecule has 94 valence electrons. The quantitative estimate of drug-likeness (QED) is 0.774. The molecule has 1 amide bonds. The average Bonchev–Trinajstić information content (AvgIpc) is 2.28. The van der Waals surface area contributed by atoms with Crippen molar-refractivity contribution in [2.45, 2.75) is 26.4 Å². The highest BCUT2D eigenvalue weighted by Gasteiger charge is 2.10. The molecule has 0 saturated carbocycles. The lowest BCUT2D eigenvalue weighted by molar-refractivity contribution is 0.1000. The number of primary amides is 1. The van der Waals surface area contributed by atoms with Crippen LogP contribution in [0.25, 0.3) is 0 Å². The van der Waals surface area contributed by atoms with Crippen LogP contribution in [-0.4, -0.2) is 35.1 Å². The van der Waals surface area contributed by atoms with Crippen LogP contribution in [0.2, 0.25) is 0 Å². The molecule has 0 spiro atoms. The second-order valence-electron chi connectivity index (χ2n) is 4.35. The molecule has 0 atom stereocenters. The smallest absolute Gasteiger partial charge is 0.248 e. The van der Waals surface area contributed by atoms with E-state index in [9.17, 15) is 4.79 Å². The number of hydrogen-bond donors (Lipinski definition) is 2. The molecule has 0 heterocycles. The highest BCUT2D eigenvalue weighted by Crippen LogP contribution is 2.10. The molecule has 17 heavy (non-hydrogen) atoms. The minimum absolute atomic E-state index is 0.133. The van der Waals surface area contributed by atoms with Crippen molar-refractivity contribution in [3.63, 3.8) is 0 Å². The van der Waals surface area contributed by atoms with Gasteiger partial charge in [0.1, 0.15) is 0 Å². The second kappa shape index (κ2) is 6.37. The van der Waals surface area contributed by atoms with E-state index < -0.39 is 5.91 Å². The van der Waals surface area contributed by atoms with Gasteiger partial charge in [-0.3, -0.25) is 9.69 Å². The highest BCUT2D eigenvalue weighted by molar-refractivity contribution is 5.92. The van der Waals surface area contributed by atoms with Gasteiger partial charge in [-0.2, -0.15) is 0 Å². The summed E-state index contributed by atoms with van der Waals surface area (Å²) >= 11 is 0. The Morgan fingerprint density at radius 2 is 2.18 bits per heavy atom. The van der Waals surface area contributed by atoms with Crippen molar-refractivity contribution in [3.05, 3.63) is 35.4 Å². The van der Waals surface area contributed by atoms with E-state index in [4.69, 9.17) is 10.8 Å². The van der Waals surface area contributed by atoms with Gasteiger partial charge in [-0.25, -0.2) is 0 Å². The van der Waals surface area contributed by atoms with E-state index in [0.29, 0.717) is 24.7 Å². The average molecular weight is 236 g/mol. The van der Waals surface area contributed by atoms with Gasteiger partial charge in [0, 0.05) is 24.7 Å². The van der Waals surface area contributed by atoms with Crippen LogP contribution in [0, 0.1) is 0 Å². The summed E-state index contributed by atoms with van der Waals surface area (Å²) in [6.07, 6.45) is 0. The molecular weight excluding hydrogens is 216 g/mol. The van der Waals surface area contributed by atoms with E-state index in [1.54, 1.807) is 12.1 Å². The standard InChI is InChI=1S/C13H20N2O2/c1-10(2)15(6-7-16)9-11-4-3-5-12(8-11)13(14)17/h3-5,8,10,16H,6-7,9H2,1-2H3,(H2,14,17). The van der Waals surface area contributed by atoms with Crippen molar-refractivity contribution in [2.75, 3.05) is 13.2 Å². The third kappa shape index (κ3) is 4.17. The molecule has 0 aromatic heterocycles. The number of aliphatic hydroxyl groups excluding tert-OH is 1. The van der Waals surface area contributed by atoms with Crippen molar-refractivity contribution in [3.8, 4) is 0 Å². The van der Waals surface area contributed by atoms with E-state index in [2.05, 4.69) is 18.7 Å². The first-order valence-corrected chi connectivity index (χ1v) is 5.78. The van der Waals surface area contributed by atoms with Gasteiger partial charge in [-0.15, -0.1) is 0 Å². The zero-order valence-corrected chi connectivity index (χ0v) is 10.4. The second-order valence-corrected chi connectivity index (χ2v) is 4.35. The van der Waals surface area contributed by atoms with Gasteiger partial charge in [0.25, 0.3) is 0 Å². The normalized spacial score (nSPS) is 11.1. The van der Waals surface area contributed by atoms with Gasteiger partial charge in [0.15, 0.2) is 0 Å². The molecule has 1 aromatic rings. The minimum Gasteiger partial charge on any atom is -0.395 e. The van der Waals surface area contributed by atoms with Crippen LogP contribution < -0.4 is 5.73 Å². The number of nitrogens with zero attached hydrogens (tertiary/aromatic N) is 1. The largest absolute Gasteiger partial charge is 0.395 e. The van der Waals surface area contributed by atoms with E-state index in [0.717, 1.165) is 5.56 Å². The first-order valence-electron chi connectivity index (χ1n) is 5.78. The lowest BCUT2D eigenvalue weighted by Crippen LogP contribution is -2.33. The number of nitrogens with two attached hydrogens (primary N) is 1. The van der Waals surface area contributed by atoms with Gasteiger partial charge in [-0.1, -0.05) is 12.1 Å². The molecule has 4 heteroatoms. The topological polar surface area (TPSA) is 66.6 Å². The van der Waals surface area contributed by atoms with Crippen molar-refractivity contribution in [1.29, 1.82) is 0 Å². The van der Waals surface area contributed by atoms with Gasteiger partial charge in [0.05, 0.1) is 6.61 Å². The molecule has 3 N–H and O–H groups in total. The maximum absolute atomic E-state index is 11.1. The molecule has 1 rings (SSSR count). The fourth-order valence-corrected chi connectivity index (χ4v) is 1.71. The van der Waals surface area contributed by atoms with Gasteiger partial charge >= 0.3 is 0 Å². The summed E-state index contributed by atoms with van der Waals surface area (Å²) < 4.78 is 0. The molecule has 0 saturated heterocycles. The Morgan fingerprint density at radius 3 is 2.71 bits per heavy atom. The van der Waals surface area contributed by atoms with Crippen LogP contribution in [0.1, 0.15) is 29.8 Å². The molecule has 0 bridgehead atoms. The minimum atomic E-state index is -0.412. The summed E-state index contributed by atoms with van der Waals surface area (Å²) in [5.74, 6) is -0.412. The number of aliphatic hydroxyl groups is 1. The zero-order valence-electron chi connectivity index (χ0n) is 10.4. The fourth-order valence-electron chi connectivity index (χ4n) is 1.71. The number of carbonyl (C=O) groups is 1. The van der Waals surface area contributed by atoms with Crippen LogP contribution in [-0.2, 0) is 6.54 Å². The maximum Gasteiger partial charge on any atom is 0.248 e. The Kier molecular flexibility index (Phi) is 5.12. The van der Waals surface area contributed by atoms with Gasteiger partial charge in [-0.05, 0) is 31.5 Å². The fraction of sp³-hybridized carbons (Fsp3) is 0.462. The summed E-state index contributed by atoms with van der Waals surface area (Å²) in [7, 11) is 0. The van der Waals surface area contributed by atoms with Gasteiger partial charge in [0.2, 0.25) is 5.91 Å². The lowest BCUT2D eigenvalue weighted by atomic mass is 10.1. The Balaban J connectivity index is 2.78. The lowest BCUT2D eigenvalue weighted by Gasteiger charge is -2.25. The van der Waals surface area contributed by atoms with E-state index in [1.807, 2.05) is 12.1 Å². The molecule has 0 aliphatic rings. The SMILES string of the molecule is CC(C)N(CCO)Cc1cccc(C(N)=O)c1. The van der Waals surface area contributed by atoms with Crippen molar-refractivity contribution in [1.82, 2.24) is 4.90 Å². The molecule has 1 aromatic carbocycles. The predicted octanol–water partition coefficient (Wildman–Crippen LogP) is 0.988. The van der Waals surface area contributed by atoms with Gasteiger partial charge < -0.3 is 10.8 Å². The number of benzene rings is 1. The molecular formula is C13H20N2O2. The number of carbonyl (C=O) groups excluding carboxylic acids is 1. The third-order valence-electron chi connectivity index (χ3n) is 2.71. The van der Waals surface area contributed by atoms with Crippen molar-refractivity contribution in [2.24, 2.45) is 5.73 Å². The maximum atomic E-state index is 11.1. The molecule has 0 fully saturated rings. The summed E-state index contributed by atoms with van der Waals surface area (Å²) in [5, 5.41) is 8.99. The van der Waals surface area contributed by atoms with Crippen molar-refractivity contribution < 1.29 is 9.90 Å². The summed E-state index contributed by atoms with van der Waals surface area (Å²) in [6, 6.07) is 7.64.